The largest absolute Gasteiger partial charge is 0.294 e. The fraction of sp³-hybridized carbons (Fsp3) is 0. The van der Waals surface area contributed by atoms with Crippen LogP contribution in [0.4, 0.5) is 0 Å². The van der Waals surface area contributed by atoms with E-state index < -0.39 is 0 Å². The molecule has 1 aliphatic rings. The molecule has 1 rings (SSSR count). The summed E-state index contributed by atoms with van der Waals surface area (Å²) in [6, 6.07) is 0. The molecular weight excluding hydrogens is 96.0 g/mol. The summed E-state index contributed by atoms with van der Waals surface area (Å²) in [5.74, 6) is 0.264. The number of amidine groups is 1. The Bertz CT molecular complexity index is 108. The van der Waals surface area contributed by atoms with Gasteiger partial charge >= 0.3 is 0 Å². The fourth-order valence-corrected chi connectivity index (χ4v) is 0.264. The zero-order valence-corrected chi connectivity index (χ0v) is 3.43. The van der Waals surface area contributed by atoms with E-state index in [2.05, 4.69) is 21.6 Å². The van der Waals surface area contributed by atoms with Gasteiger partial charge in [-0.3, -0.25) is 10.2 Å². The van der Waals surface area contributed by atoms with Crippen molar-refractivity contribution in [2.24, 2.45) is 5.10 Å². The van der Waals surface area contributed by atoms with Crippen molar-refractivity contribution in [3.05, 3.63) is 0 Å². The highest BCUT2D eigenvalue weighted by Crippen LogP contribution is 1.64. The second kappa shape index (κ2) is 1.57. The molecule has 3 N–H and O–H groups in total. The maximum absolute atomic E-state index is 9.73. The molecule has 0 saturated carbocycles. The summed E-state index contributed by atoms with van der Waals surface area (Å²) < 4.78 is 0. The molecule has 0 saturated heterocycles. The number of carbonyl (C=O) groups is 1. The summed E-state index contributed by atoms with van der Waals surface area (Å²) >= 11 is 0. The zero-order chi connectivity index (χ0) is 5.11. The molecule has 7 heavy (non-hydrogen) atoms. The molecule has 0 aliphatic carbocycles. The third-order valence-electron chi connectivity index (χ3n) is 0.534. The first kappa shape index (κ1) is 4.07. The highest BCUT2D eigenvalue weighted by atomic mass is 16.1. The molecule has 0 amide bonds. The Balaban J connectivity index is 2.51. The first-order valence-corrected chi connectivity index (χ1v) is 1.72. The van der Waals surface area contributed by atoms with E-state index in [4.69, 9.17) is 0 Å². The van der Waals surface area contributed by atoms with Crippen LogP contribution in [-0.2, 0) is 4.79 Å². The van der Waals surface area contributed by atoms with Crippen LogP contribution in [0.2, 0.25) is 0 Å². The number of nitrogens with zero attached hydrogens (tertiary/aromatic N) is 1. The second-order valence-electron chi connectivity index (χ2n) is 0.977. The van der Waals surface area contributed by atoms with Crippen molar-refractivity contribution >= 4 is 12.1 Å². The van der Waals surface area contributed by atoms with E-state index >= 15 is 0 Å². The molecule has 0 aromatic heterocycles. The van der Waals surface area contributed by atoms with Crippen LogP contribution in [0.15, 0.2) is 5.10 Å². The standard InChI is InChI=1S/C2H4N4O/c7-1-2-3-5-6-4-2/h1,5-6H,(H,3,4). The summed E-state index contributed by atoms with van der Waals surface area (Å²) in [5, 5.41) is 3.43. The number of carbonyl (C=O) groups excluding carboxylic acids is 1. The number of hydrogen-bond donors (Lipinski definition) is 3. The van der Waals surface area contributed by atoms with Crippen molar-refractivity contribution < 1.29 is 4.79 Å². The highest BCUT2D eigenvalue weighted by Gasteiger charge is 1.97. The summed E-state index contributed by atoms with van der Waals surface area (Å²) in [7, 11) is 0. The van der Waals surface area contributed by atoms with Gasteiger partial charge in [0.15, 0.2) is 6.29 Å². The van der Waals surface area contributed by atoms with Gasteiger partial charge in [-0.2, -0.15) is 0 Å². The Kier molecular flexibility index (Phi) is 0.910. The van der Waals surface area contributed by atoms with E-state index in [1.807, 2.05) is 0 Å². The number of nitrogens with one attached hydrogen (secondary N) is 3. The molecule has 0 aromatic carbocycles. The summed E-state index contributed by atoms with van der Waals surface area (Å²) in [6.07, 6.45) is 0.604. The van der Waals surface area contributed by atoms with Gasteiger partial charge in [0.05, 0.1) is 0 Å². The topological polar surface area (TPSA) is 65.5 Å². The van der Waals surface area contributed by atoms with Crippen molar-refractivity contribution in [2.75, 3.05) is 0 Å². The minimum atomic E-state index is 0.264. The molecule has 5 nitrogen and oxygen atoms in total. The molecule has 0 unspecified atom stereocenters. The van der Waals surface area contributed by atoms with Gasteiger partial charge in [0.25, 0.3) is 0 Å². The number of hydrazone groups is 1. The molecule has 0 spiro atoms. The monoisotopic (exact) mass is 100 g/mol. The predicted octanol–water partition coefficient (Wildman–Crippen LogP) is -1.89. The van der Waals surface area contributed by atoms with Gasteiger partial charge in [0.2, 0.25) is 5.84 Å². The molecule has 0 bridgehead atoms. The molecule has 0 fully saturated rings. The Hall–Kier alpha value is -1.10. The maximum Gasteiger partial charge on any atom is 0.203 e. The average Bonchev–Trinajstić information content (AvgIpc) is 2.14. The Labute approximate surface area is 39.7 Å². The van der Waals surface area contributed by atoms with Crippen LogP contribution in [0.1, 0.15) is 0 Å². The quantitative estimate of drug-likeness (QED) is 0.337. The number of aldehydes is 1. The third kappa shape index (κ3) is 0.660. The lowest BCUT2D eigenvalue weighted by molar-refractivity contribution is -0.102. The van der Waals surface area contributed by atoms with Crippen molar-refractivity contribution in [3.63, 3.8) is 0 Å². The molecule has 0 atom stereocenters. The lowest BCUT2D eigenvalue weighted by atomic mass is 10.7. The van der Waals surface area contributed by atoms with E-state index in [1.54, 1.807) is 0 Å². The fourth-order valence-electron chi connectivity index (χ4n) is 0.264. The van der Waals surface area contributed by atoms with Crippen LogP contribution < -0.4 is 16.5 Å². The number of hydrogen-bond acceptors (Lipinski definition) is 5. The number of rotatable bonds is 1. The van der Waals surface area contributed by atoms with Crippen molar-refractivity contribution in [1.82, 2.24) is 16.5 Å². The average molecular weight is 100 g/mol. The van der Waals surface area contributed by atoms with E-state index in [-0.39, 0.29) is 5.84 Å². The zero-order valence-electron chi connectivity index (χ0n) is 3.43. The molecule has 1 aliphatic heterocycles. The predicted molar refractivity (Wildman–Crippen MR) is 22.9 cm³/mol. The van der Waals surface area contributed by atoms with Crippen LogP contribution >= 0.6 is 0 Å². The molecule has 5 heteroatoms. The second-order valence-corrected chi connectivity index (χ2v) is 0.977. The van der Waals surface area contributed by atoms with Crippen molar-refractivity contribution in [3.8, 4) is 0 Å². The minimum absolute atomic E-state index is 0.264. The first-order chi connectivity index (χ1) is 3.43. The molecule has 1 heterocycles. The van der Waals surface area contributed by atoms with E-state index in [0.29, 0.717) is 6.29 Å². The lowest BCUT2D eigenvalue weighted by Gasteiger charge is -1.86. The third-order valence-corrected chi connectivity index (χ3v) is 0.534. The minimum Gasteiger partial charge on any atom is -0.294 e. The van der Waals surface area contributed by atoms with E-state index in [1.165, 1.54) is 0 Å². The highest BCUT2D eigenvalue weighted by molar-refractivity contribution is 6.27. The number of hydrazine groups is 2. The van der Waals surface area contributed by atoms with Crippen LogP contribution in [0.5, 0.6) is 0 Å². The van der Waals surface area contributed by atoms with Crippen LogP contribution in [0.25, 0.3) is 0 Å². The van der Waals surface area contributed by atoms with Gasteiger partial charge in [-0.25, -0.2) is 5.53 Å². The van der Waals surface area contributed by atoms with Gasteiger partial charge in [-0.1, -0.05) is 0 Å². The molecule has 0 radical (unpaired) electrons. The van der Waals surface area contributed by atoms with Gasteiger partial charge < -0.3 is 0 Å². The molecular formula is C2H4N4O. The summed E-state index contributed by atoms with van der Waals surface area (Å²) in [4.78, 5) is 9.73. The smallest absolute Gasteiger partial charge is 0.203 e. The Morgan fingerprint density at radius 1 is 1.71 bits per heavy atom. The van der Waals surface area contributed by atoms with Gasteiger partial charge in [0.1, 0.15) is 0 Å². The summed E-state index contributed by atoms with van der Waals surface area (Å²) in [5.41, 5.74) is 7.13. The summed E-state index contributed by atoms with van der Waals surface area (Å²) in [6.45, 7) is 0. The Morgan fingerprint density at radius 2 is 2.57 bits per heavy atom. The lowest BCUT2D eigenvalue weighted by Crippen LogP contribution is -2.35. The molecule has 38 valence electrons. The van der Waals surface area contributed by atoms with E-state index in [9.17, 15) is 4.79 Å². The first-order valence-electron chi connectivity index (χ1n) is 1.72. The van der Waals surface area contributed by atoms with Gasteiger partial charge in [-0.05, 0) is 0 Å². The van der Waals surface area contributed by atoms with Crippen LogP contribution in [0.3, 0.4) is 0 Å². The normalized spacial score (nSPS) is 16.9. The van der Waals surface area contributed by atoms with E-state index in [0.717, 1.165) is 0 Å². The van der Waals surface area contributed by atoms with Gasteiger partial charge in [0, 0.05) is 0 Å². The van der Waals surface area contributed by atoms with Crippen molar-refractivity contribution in [2.45, 2.75) is 0 Å². The van der Waals surface area contributed by atoms with Gasteiger partial charge in [-0.15, -0.1) is 10.6 Å². The van der Waals surface area contributed by atoms with Crippen molar-refractivity contribution in [1.29, 1.82) is 0 Å². The Morgan fingerprint density at radius 3 is 2.86 bits per heavy atom. The van der Waals surface area contributed by atoms with Crippen LogP contribution in [0, 0.1) is 0 Å². The maximum atomic E-state index is 9.73. The SMILES string of the molecule is O=CC1=NNNN1. The van der Waals surface area contributed by atoms with Crippen LogP contribution in [-0.4, -0.2) is 12.1 Å². The molecule has 0 aromatic rings.